The van der Waals surface area contributed by atoms with Crippen LogP contribution in [0.4, 0.5) is 5.69 Å². The molecule has 2 N–H and O–H groups in total. The Kier molecular flexibility index (Phi) is 10.1. The van der Waals surface area contributed by atoms with Gasteiger partial charge in [0.2, 0.25) is 11.8 Å². The Morgan fingerprint density at radius 2 is 1.77 bits per heavy atom. The Hall–Kier alpha value is -2.82. The maximum atomic E-state index is 12.1. The van der Waals surface area contributed by atoms with Crippen molar-refractivity contribution in [2.75, 3.05) is 26.1 Å². The van der Waals surface area contributed by atoms with E-state index in [4.69, 9.17) is 14.2 Å². The van der Waals surface area contributed by atoms with Crippen LogP contribution < -0.4 is 25.0 Å². The molecule has 2 rings (SSSR count). The standard InChI is InChI=1S/C22H26IN3O5/c1-4-11-31-22-16(23)12-15(13-19(22)30-3)14-24-26-21(28)10-9-20(27)25-17-7-5-6-8-18(17)29-2/h5-8,12-14H,4,9-11H2,1-3H3,(H,25,27)(H,26,28). The first kappa shape index (κ1) is 24.4. The summed E-state index contributed by atoms with van der Waals surface area (Å²) in [6, 6.07) is 10.7. The van der Waals surface area contributed by atoms with Gasteiger partial charge in [0, 0.05) is 12.8 Å². The molecule has 0 aromatic heterocycles. The minimum absolute atomic E-state index is 0.00295. The van der Waals surface area contributed by atoms with Crippen molar-refractivity contribution in [3.05, 3.63) is 45.5 Å². The van der Waals surface area contributed by atoms with Crippen LogP contribution in [0.3, 0.4) is 0 Å². The number of carbonyl (C=O) groups is 2. The summed E-state index contributed by atoms with van der Waals surface area (Å²) in [5.41, 5.74) is 3.74. The van der Waals surface area contributed by atoms with Crippen LogP contribution in [0.1, 0.15) is 31.7 Å². The number of hydrazone groups is 1. The Morgan fingerprint density at radius 1 is 1.06 bits per heavy atom. The number of para-hydroxylation sites is 2. The second-order valence-corrected chi connectivity index (χ2v) is 7.59. The molecule has 0 aliphatic heterocycles. The molecule has 0 radical (unpaired) electrons. The van der Waals surface area contributed by atoms with E-state index in [0.717, 1.165) is 15.6 Å². The third-order valence-electron chi connectivity index (χ3n) is 4.07. The average Bonchev–Trinajstić information content (AvgIpc) is 2.77. The SMILES string of the molecule is CCCOc1c(I)cc(C=NNC(=O)CCC(=O)Nc2ccccc2OC)cc1OC. The number of halogens is 1. The quantitative estimate of drug-likeness (QED) is 0.256. The average molecular weight is 539 g/mol. The molecule has 0 spiro atoms. The van der Waals surface area contributed by atoms with Crippen molar-refractivity contribution in [2.24, 2.45) is 5.10 Å². The van der Waals surface area contributed by atoms with Gasteiger partial charge in [-0.15, -0.1) is 0 Å². The molecular formula is C22H26IN3O5. The third kappa shape index (κ3) is 7.74. The lowest BCUT2D eigenvalue weighted by Crippen LogP contribution is -2.20. The fraction of sp³-hybridized carbons (Fsp3) is 0.318. The van der Waals surface area contributed by atoms with E-state index in [-0.39, 0.29) is 24.7 Å². The molecule has 0 atom stereocenters. The predicted molar refractivity (Wildman–Crippen MR) is 128 cm³/mol. The van der Waals surface area contributed by atoms with Crippen molar-refractivity contribution < 1.29 is 23.8 Å². The number of nitrogens with one attached hydrogen (secondary N) is 2. The molecule has 166 valence electrons. The maximum absolute atomic E-state index is 12.1. The zero-order valence-electron chi connectivity index (χ0n) is 17.7. The van der Waals surface area contributed by atoms with Crippen molar-refractivity contribution in [3.8, 4) is 17.2 Å². The zero-order chi connectivity index (χ0) is 22.6. The molecule has 9 heteroatoms. The van der Waals surface area contributed by atoms with Gasteiger partial charge in [0.25, 0.3) is 0 Å². The summed E-state index contributed by atoms with van der Waals surface area (Å²) in [5.74, 6) is 1.19. The monoisotopic (exact) mass is 539 g/mol. The van der Waals surface area contributed by atoms with Gasteiger partial charge in [0.1, 0.15) is 5.75 Å². The molecule has 0 bridgehead atoms. The van der Waals surface area contributed by atoms with E-state index in [1.807, 2.05) is 19.1 Å². The van der Waals surface area contributed by atoms with Crippen molar-refractivity contribution in [1.29, 1.82) is 0 Å². The largest absolute Gasteiger partial charge is 0.495 e. The number of ether oxygens (including phenoxy) is 3. The van der Waals surface area contributed by atoms with Crippen molar-refractivity contribution >= 4 is 46.3 Å². The van der Waals surface area contributed by atoms with E-state index in [1.54, 1.807) is 31.4 Å². The molecule has 0 saturated carbocycles. The highest BCUT2D eigenvalue weighted by atomic mass is 127. The van der Waals surface area contributed by atoms with Crippen LogP contribution in [0, 0.1) is 3.57 Å². The molecular weight excluding hydrogens is 513 g/mol. The Labute approximate surface area is 195 Å². The van der Waals surface area contributed by atoms with Crippen LogP contribution in [0.5, 0.6) is 17.2 Å². The van der Waals surface area contributed by atoms with Crippen LogP contribution in [0.25, 0.3) is 0 Å². The number of benzene rings is 2. The molecule has 0 aliphatic carbocycles. The molecule has 0 unspecified atom stereocenters. The number of anilines is 1. The smallest absolute Gasteiger partial charge is 0.240 e. The van der Waals surface area contributed by atoms with Gasteiger partial charge in [0.05, 0.1) is 36.3 Å². The number of hydrogen-bond acceptors (Lipinski definition) is 6. The molecule has 0 heterocycles. The summed E-state index contributed by atoms with van der Waals surface area (Å²) in [5, 5.41) is 6.69. The lowest BCUT2D eigenvalue weighted by atomic mass is 10.2. The number of hydrogen-bond donors (Lipinski definition) is 2. The first-order valence-electron chi connectivity index (χ1n) is 9.73. The number of nitrogens with zero attached hydrogens (tertiary/aromatic N) is 1. The van der Waals surface area contributed by atoms with Gasteiger partial charge in [-0.1, -0.05) is 19.1 Å². The predicted octanol–water partition coefficient (Wildman–Crippen LogP) is 3.97. The van der Waals surface area contributed by atoms with Gasteiger partial charge in [0.15, 0.2) is 11.5 Å². The van der Waals surface area contributed by atoms with E-state index in [2.05, 4.69) is 38.4 Å². The van der Waals surface area contributed by atoms with Gasteiger partial charge in [-0.3, -0.25) is 9.59 Å². The second kappa shape index (κ2) is 12.8. The van der Waals surface area contributed by atoms with Crippen LogP contribution in [-0.4, -0.2) is 38.9 Å². The van der Waals surface area contributed by atoms with Crippen LogP contribution in [0.2, 0.25) is 0 Å². The van der Waals surface area contributed by atoms with Gasteiger partial charge < -0.3 is 19.5 Å². The van der Waals surface area contributed by atoms with E-state index >= 15 is 0 Å². The first-order chi connectivity index (χ1) is 15.0. The summed E-state index contributed by atoms with van der Waals surface area (Å²) in [6.07, 6.45) is 2.43. The third-order valence-corrected chi connectivity index (χ3v) is 4.87. The van der Waals surface area contributed by atoms with Crippen molar-refractivity contribution in [1.82, 2.24) is 5.43 Å². The van der Waals surface area contributed by atoms with Crippen LogP contribution >= 0.6 is 22.6 Å². The van der Waals surface area contributed by atoms with E-state index in [0.29, 0.717) is 29.5 Å². The number of carbonyl (C=O) groups excluding carboxylic acids is 2. The van der Waals surface area contributed by atoms with Crippen molar-refractivity contribution in [3.63, 3.8) is 0 Å². The van der Waals surface area contributed by atoms with E-state index < -0.39 is 0 Å². The summed E-state index contributed by atoms with van der Waals surface area (Å²) in [4.78, 5) is 24.1. The van der Waals surface area contributed by atoms with Gasteiger partial charge in [-0.05, 0) is 58.8 Å². The number of methoxy groups -OCH3 is 2. The van der Waals surface area contributed by atoms with Crippen molar-refractivity contribution in [2.45, 2.75) is 26.2 Å². The molecule has 2 amide bonds. The van der Waals surface area contributed by atoms with Crippen LogP contribution in [-0.2, 0) is 9.59 Å². The molecule has 2 aromatic carbocycles. The fourth-order valence-electron chi connectivity index (χ4n) is 2.58. The highest BCUT2D eigenvalue weighted by molar-refractivity contribution is 14.1. The summed E-state index contributed by atoms with van der Waals surface area (Å²) < 4.78 is 17.2. The maximum Gasteiger partial charge on any atom is 0.240 e. The minimum atomic E-state index is -0.365. The highest BCUT2D eigenvalue weighted by Gasteiger charge is 2.12. The Morgan fingerprint density at radius 3 is 2.48 bits per heavy atom. The zero-order valence-corrected chi connectivity index (χ0v) is 19.9. The lowest BCUT2D eigenvalue weighted by Gasteiger charge is -2.12. The summed E-state index contributed by atoms with van der Waals surface area (Å²) >= 11 is 2.17. The van der Waals surface area contributed by atoms with Crippen LogP contribution in [0.15, 0.2) is 41.5 Å². The lowest BCUT2D eigenvalue weighted by molar-refractivity contribution is -0.124. The second-order valence-electron chi connectivity index (χ2n) is 6.42. The molecule has 31 heavy (non-hydrogen) atoms. The minimum Gasteiger partial charge on any atom is -0.495 e. The Bertz CT molecular complexity index is 933. The molecule has 0 aliphatic rings. The topological polar surface area (TPSA) is 98.2 Å². The molecule has 0 fully saturated rings. The first-order valence-corrected chi connectivity index (χ1v) is 10.8. The van der Waals surface area contributed by atoms with E-state index in [1.165, 1.54) is 13.3 Å². The normalized spacial score (nSPS) is 10.6. The summed E-state index contributed by atoms with van der Waals surface area (Å²) in [7, 11) is 3.10. The number of rotatable bonds is 11. The Balaban J connectivity index is 1.86. The molecule has 2 aromatic rings. The van der Waals surface area contributed by atoms with Gasteiger partial charge >= 0.3 is 0 Å². The van der Waals surface area contributed by atoms with Gasteiger partial charge in [-0.25, -0.2) is 5.43 Å². The van der Waals surface area contributed by atoms with Gasteiger partial charge in [-0.2, -0.15) is 5.10 Å². The number of amides is 2. The highest BCUT2D eigenvalue weighted by Crippen LogP contribution is 2.33. The molecule has 0 saturated heterocycles. The summed E-state index contributed by atoms with van der Waals surface area (Å²) in [6.45, 7) is 2.63. The fourth-order valence-corrected chi connectivity index (χ4v) is 3.36. The van der Waals surface area contributed by atoms with E-state index in [9.17, 15) is 9.59 Å². The molecule has 8 nitrogen and oxygen atoms in total.